The van der Waals surface area contributed by atoms with Gasteiger partial charge in [-0.15, -0.1) is 24.0 Å². The molecular weight excluding hydrogens is 533 g/mol. The van der Waals surface area contributed by atoms with Crippen LogP contribution >= 0.6 is 24.0 Å². The fourth-order valence-corrected chi connectivity index (χ4v) is 4.09. The summed E-state index contributed by atoms with van der Waals surface area (Å²) in [4.78, 5) is 32.9. The van der Waals surface area contributed by atoms with Crippen LogP contribution in [0.2, 0.25) is 0 Å². The number of aliphatic imine (C=N–C) groups is 1. The van der Waals surface area contributed by atoms with Gasteiger partial charge in [0.25, 0.3) is 0 Å². The average Bonchev–Trinajstić information content (AvgIpc) is 3.19. The molecule has 1 atom stereocenters. The smallest absolute Gasteiger partial charge is 0.410 e. The molecule has 0 saturated carbocycles. The van der Waals surface area contributed by atoms with Gasteiger partial charge in [-0.05, 0) is 51.2 Å². The first-order valence-corrected chi connectivity index (χ1v) is 11.5. The molecule has 2 N–H and O–H groups in total. The van der Waals surface area contributed by atoms with Crippen molar-refractivity contribution in [2.24, 2.45) is 4.99 Å². The summed E-state index contributed by atoms with van der Waals surface area (Å²) in [5, 5.41) is 6.70. The highest BCUT2D eigenvalue weighted by atomic mass is 127. The average molecular weight is 572 g/mol. The van der Waals surface area contributed by atoms with E-state index in [9.17, 15) is 9.59 Å². The molecule has 2 aliphatic rings. The molecule has 2 amide bonds. The van der Waals surface area contributed by atoms with E-state index in [1.807, 2.05) is 37.8 Å². The molecule has 0 bridgehead atoms. The zero-order chi connectivity index (χ0) is 23.1. The fraction of sp³-hybridized carbons (Fsp3) is 0.625. The molecule has 1 aromatic rings. The zero-order valence-electron chi connectivity index (χ0n) is 20.2. The molecule has 1 fully saturated rings. The normalized spacial score (nSPS) is 18.3. The Kier molecular flexibility index (Phi) is 10.2. The zero-order valence-corrected chi connectivity index (χ0v) is 22.6. The Balaban J connectivity index is 0.00000385. The predicted molar refractivity (Wildman–Crippen MR) is 141 cm³/mol. The summed E-state index contributed by atoms with van der Waals surface area (Å²) < 4.78 is 5.50. The summed E-state index contributed by atoms with van der Waals surface area (Å²) in [6.07, 6.45) is 2.86. The van der Waals surface area contributed by atoms with Gasteiger partial charge in [-0.25, -0.2) is 4.79 Å². The van der Waals surface area contributed by atoms with Crippen LogP contribution in [0.3, 0.4) is 0 Å². The lowest BCUT2D eigenvalue weighted by Gasteiger charge is -2.35. The van der Waals surface area contributed by atoms with Crippen LogP contribution in [0.15, 0.2) is 29.3 Å². The lowest BCUT2D eigenvalue weighted by atomic mass is 10.1. The van der Waals surface area contributed by atoms with E-state index in [2.05, 4.69) is 27.8 Å². The Labute approximate surface area is 214 Å². The number of likely N-dealkylation sites (tertiary alicyclic amines) is 1. The topological polar surface area (TPSA) is 86.3 Å². The minimum absolute atomic E-state index is 0. The molecule has 0 aliphatic carbocycles. The van der Waals surface area contributed by atoms with Gasteiger partial charge in [0.2, 0.25) is 5.91 Å². The van der Waals surface area contributed by atoms with E-state index in [0.717, 1.165) is 19.3 Å². The summed E-state index contributed by atoms with van der Waals surface area (Å²) in [7, 11) is 1.73. The van der Waals surface area contributed by atoms with Crippen molar-refractivity contribution < 1.29 is 14.3 Å². The number of piperidine rings is 1. The number of rotatable bonds is 5. The summed E-state index contributed by atoms with van der Waals surface area (Å²) >= 11 is 0. The summed E-state index contributed by atoms with van der Waals surface area (Å²) in [6.45, 7) is 9.01. The number of benzene rings is 1. The van der Waals surface area contributed by atoms with Crippen molar-refractivity contribution in [1.82, 2.24) is 20.4 Å². The quantitative estimate of drug-likeness (QED) is 0.245. The SMILES string of the molecule is CN=C(NCCCC(=O)N1Cc2ccccc2C1)NC1CCCN(C(=O)OC(C)(C)C)C1.I. The van der Waals surface area contributed by atoms with E-state index in [1.165, 1.54) is 11.1 Å². The van der Waals surface area contributed by atoms with Crippen molar-refractivity contribution in [1.29, 1.82) is 0 Å². The number of hydrogen-bond acceptors (Lipinski definition) is 4. The van der Waals surface area contributed by atoms with Crippen molar-refractivity contribution in [3.05, 3.63) is 35.4 Å². The number of amides is 2. The monoisotopic (exact) mass is 571 g/mol. The first-order valence-electron chi connectivity index (χ1n) is 11.5. The van der Waals surface area contributed by atoms with Gasteiger partial charge in [-0.1, -0.05) is 24.3 Å². The molecule has 3 rings (SSSR count). The second kappa shape index (κ2) is 12.4. The third-order valence-corrected chi connectivity index (χ3v) is 5.69. The molecule has 1 saturated heterocycles. The van der Waals surface area contributed by atoms with Crippen molar-refractivity contribution in [2.75, 3.05) is 26.7 Å². The molecule has 2 aliphatic heterocycles. The van der Waals surface area contributed by atoms with E-state index in [4.69, 9.17) is 4.74 Å². The molecule has 0 spiro atoms. The van der Waals surface area contributed by atoms with E-state index in [1.54, 1.807) is 11.9 Å². The van der Waals surface area contributed by atoms with Gasteiger partial charge in [0.1, 0.15) is 5.60 Å². The third kappa shape index (κ3) is 8.35. The number of carbonyl (C=O) groups excluding carboxylic acids is 2. The van der Waals surface area contributed by atoms with Crippen LogP contribution in [-0.2, 0) is 22.6 Å². The van der Waals surface area contributed by atoms with Crippen molar-refractivity contribution in [3.63, 3.8) is 0 Å². The molecular formula is C24H38IN5O3. The number of carbonyl (C=O) groups is 2. The molecule has 0 aromatic heterocycles. The first-order chi connectivity index (χ1) is 15.2. The minimum Gasteiger partial charge on any atom is -0.444 e. The molecule has 2 heterocycles. The summed E-state index contributed by atoms with van der Waals surface area (Å²) in [5.41, 5.74) is 2.00. The van der Waals surface area contributed by atoms with Gasteiger partial charge in [-0.2, -0.15) is 0 Å². The van der Waals surface area contributed by atoms with E-state index in [-0.39, 0.29) is 42.0 Å². The van der Waals surface area contributed by atoms with Gasteiger partial charge < -0.3 is 25.2 Å². The lowest BCUT2D eigenvalue weighted by molar-refractivity contribution is -0.131. The van der Waals surface area contributed by atoms with Crippen LogP contribution in [0, 0.1) is 0 Å². The molecule has 1 unspecified atom stereocenters. The fourth-order valence-electron chi connectivity index (χ4n) is 4.09. The Bertz CT molecular complexity index is 815. The maximum absolute atomic E-state index is 12.5. The van der Waals surface area contributed by atoms with Gasteiger partial charge in [0.05, 0.1) is 0 Å². The number of guanidine groups is 1. The molecule has 9 heteroatoms. The van der Waals surface area contributed by atoms with Gasteiger partial charge in [0.15, 0.2) is 5.96 Å². The highest BCUT2D eigenvalue weighted by molar-refractivity contribution is 14.0. The van der Waals surface area contributed by atoms with E-state index < -0.39 is 5.60 Å². The van der Waals surface area contributed by atoms with Crippen molar-refractivity contribution in [2.45, 2.75) is 71.2 Å². The number of ether oxygens (including phenoxy) is 1. The highest BCUT2D eigenvalue weighted by Crippen LogP contribution is 2.23. The maximum Gasteiger partial charge on any atom is 0.410 e. The Morgan fingerprint density at radius 3 is 2.42 bits per heavy atom. The second-order valence-corrected chi connectivity index (χ2v) is 9.53. The van der Waals surface area contributed by atoms with E-state index >= 15 is 0 Å². The molecule has 1 aromatic carbocycles. The lowest BCUT2D eigenvalue weighted by Crippen LogP contribution is -2.53. The number of nitrogens with one attached hydrogen (secondary N) is 2. The highest BCUT2D eigenvalue weighted by Gasteiger charge is 2.28. The standard InChI is InChI=1S/C24H37N5O3.HI/c1-24(2,3)32-23(31)28-14-8-11-20(17-28)27-22(25-4)26-13-7-12-21(30)29-15-18-9-5-6-10-19(18)16-29;/h5-6,9-10,20H,7-8,11-17H2,1-4H3,(H2,25,26,27);1H. The first kappa shape index (κ1) is 27.2. The van der Waals surface area contributed by atoms with Gasteiger partial charge >= 0.3 is 6.09 Å². The predicted octanol–water partition coefficient (Wildman–Crippen LogP) is 3.49. The van der Waals surface area contributed by atoms with Crippen LogP contribution in [-0.4, -0.2) is 66.1 Å². The third-order valence-electron chi connectivity index (χ3n) is 5.69. The number of halogens is 1. The van der Waals surface area contributed by atoms with Crippen LogP contribution < -0.4 is 10.6 Å². The maximum atomic E-state index is 12.5. The number of fused-ring (bicyclic) bond motifs is 1. The Morgan fingerprint density at radius 1 is 1.15 bits per heavy atom. The van der Waals surface area contributed by atoms with Gasteiger partial charge in [0, 0.05) is 52.2 Å². The molecule has 33 heavy (non-hydrogen) atoms. The number of nitrogens with zero attached hydrogens (tertiary/aromatic N) is 3. The molecule has 8 nitrogen and oxygen atoms in total. The second-order valence-electron chi connectivity index (χ2n) is 9.53. The van der Waals surface area contributed by atoms with E-state index in [0.29, 0.717) is 45.1 Å². The minimum atomic E-state index is -0.496. The summed E-state index contributed by atoms with van der Waals surface area (Å²) in [5.74, 6) is 0.883. The van der Waals surface area contributed by atoms with Gasteiger partial charge in [-0.3, -0.25) is 9.79 Å². The Morgan fingerprint density at radius 2 is 1.82 bits per heavy atom. The Hall–Kier alpha value is -2.04. The largest absolute Gasteiger partial charge is 0.444 e. The summed E-state index contributed by atoms with van der Waals surface area (Å²) in [6, 6.07) is 8.35. The van der Waals surface area contributed by atoms with Crippen molar-refractivity contribution in [3.8, 4) is 0 Å². The molecule has 0 radical (unpaired) electrons. The number of hydrogen-bond donors (Lipinski definition) is 2. The van der Waals surface area contributed by atoms with Crippen LogP contribution in [0.1, 0.15) is 57.6 Å². The van der Waals surface area contributed by atoms with Crippen molar-refractivity contribution >= 4 is 41.9 Å². The van der Waals surface area contributed by atoms with Crippen LogP contribution in [0.25, 0.3) is 0 Å². The van der Waals surface area contributed by atoms with Crippen LogP contribution in [0.5, 0.6) is 0 Å². The van der Waals surface area contributed by atoms with Crippen LogP contribution in [0.4, 0.5) is 4.79 Å². The molecule has 184 valence electrons.